The standard InChI is InChI=1S/C16H25NOS/c1-3-9-17-16(14-8-10-18-11-14)12-19-15-6-4-13(2)5-7-15/h4-7,14,16-17H,3,8-12H2,1-2H3. The van der Waals surface area contributed by atoms with E-state index >= 15 is 0 Å². The van der Waals surface area contributed by atoms with Gasteiger partial charge in [-0.15, -0.1) is 11.8 Å². The maximum atomic E-state index is 5.54. The molecular weight excluding hydrogens is 254 g/mol. The molecule has 0 amide bonds. The molecule has 2 nitrogen and oxygen atoms in total. The molecule has 1 N–H and O–H groups in total. The molecule has 106 valence electrons. The van der Waals surface area contributed by atoms with Crippen LogP contribution in [0.3, 0.4) is 0 Å². The molecule has 3 heteroatoms. The molecule has 0 spiro atoms. The average Bonchev–Trinajstić information content (AvgIpc) is 2.95. The van der Waals surface area contributed by atoms with Crippen molar-refractivity contribution in [3.05, 3.63) is 29.8 Å². The molecule has 1 aliphatic rings. The third kappa shape index (κ3) is 4.83. The van der Waals surface area contributed by atoms with Gasteiger partial charge in [-0.1, -0.05) is 24.6 Å². The van der Waals surface area contributed by atoms with Crippen molar-refractivity contribution in [1.82, 2.24) is 5.32 Å². The molecule has 0 bridgehead atoms. The molecular formula is C16H25NOS. The van der Waals surface area contributed by atoms with E-state index in [0.29, 0.717) is 12.0 Å². The quantitative estimate of drug-likeness (QED) is 0.772. The molecule has 0 saturated carbocycles. The predicted octanol–water partition coefficient (Wildman–Crippen LogP) is 3.49. The SMILES string of the molecule is CCCNC(CSc1ccc(C)cc1)C1CCOC1. The van der Waals surface area contributed by atoms with Crippen molar-refractivity contribution < 1.29 is 4.74 Å². The molecule has 19 heavy (non-hydrogen) atoms. The normalized spacial score (nSPS) is 20.6. The summed E-state index contributed by atoms with van der Waals surface area (Å²) in [5.74, 6) is 1.82. The Morgan fingerprint density at radius 1 is 1.37 bits per heavy atom. The van der Waals surface area contributed by atoms with Crippen LogP contribution in [-0.4, -0.2) is 31.6 Å². The number of thioether (sulfide) groups is 1. The van der Waals surface area contributed by atoms with Crippen LogP contribution >= 0.6 is 11.8 Å². The van der Waals surface area contributed by atoms with Crippen molar-refractivity contribution >= 4 is 11.8 Å². The second-order valence-corrected chi connectivity index (χ2v) is 6.40. The fourth-order valence-electron chi connectivity index (χ4n) is 2.38. The summed E-state index contributed by atoms with van der Waals surface area (Å²) in [6.45, 7) is 7.33. The lowest BCUT2D eigenvalue weighted by Crippen LogP contribution is -2.39. The number of hydrogen-bond acceptors (Lipinski definition) is 3. The second kappa shape index (κ2) is 7.93. The van der Waals surface area contributed by atoms with E-state index in [0.717, 1.165) is 25.5 Å². The highest BCUT2D eigenvalue weighted by Crippen LogP contribution is 2.24. The van der Waals surface area contributed by atoms with E-state index in [1.54, 1.807) is 0 Å². The molecule has 2 unspecified atom stereocenters. The molecule has 2 atom stereocenters. The molecule has 1 fully saturated rings. The first-order valence-electron chi connectivity index (χ1n) is 7.30. The summed E-state index contributed by atoms with van der Waals surface area (Å²) in [4.78, 5) is 1.37. The fourth-order valence-corrected chi connectivity index (χ4v) is 3.47. The van der Waals surface area contributed by atoms with Crippen LogP contribution in [0, 0.1) is 12.8 Å². The van der Waals surface area contributed by atoms with Gasteiger partial charge in [0.05, 0.1) is 6.61 Å². The largest absolute Gasteiger partial charge is 0.381 e. The van der Waals surface area contributed by atoms with Crippen molar-refractivity contribution in [2.45, 2.75) is 37.6 Å². The van der Waals surface area contributed by atoms with Crippen LogP contribution in [0.15, 0.2) is 29.2 Å². The Bertz CT molecular complexity index is 360. The van der Waals surface area contributed by atoms with E-state index < -0.39 is 0 Å². The van der Waals surface area contributed by atoms with Crippen molar-refractivity contribution in [3.63, 3.8) is 0 Å². The van der Waals surface area contributed by atoms with Crippen LogP contribution in [0.4, 0.5) is 0 Å². The number of benzene rings is 1. The monoisotopic (exact) mass is 279 g/mol. The van der Waals surface area contributed by atoms with Gasteiger partial charge in [-0.25, -0.2) is 0 Å². The zero-order valence-electron chi connectivity index (χ0n) is 12.0. The molecule has 1 saturated heterocycles. The van der Waals surface area contributed by atoms with E-state index in [4.69, 9.17) is 4.74 Å². The van der Waals surface area contributed by atoms with Crippen molar-refractivity contribution in [2.24, 2.45) is 5.92 Å². The number of rotatable bonds is 7. The highest BCUT2D eigenvalue weighted by Gasteiger charge is 2.25. The van der Waals surface area contributed by atoms with Crippen LogP contribution in [0.1, 0.15) is 25.3 Å². The van der Waals surface area contributed by atoms with E-state index in [2.05, 4.69) is 43.4 Å². The van der Waals surface area contributed by atoms with Crippen LogP contribution in [0.25, 0.3) is 0 Å². The zero-order chi connectivity index (χ0) is 13.5. The number of ether oxygens (including phenoxy) is 1. The van der Waals surface area contributed by atoms with Gasteiger partial charge in [0.15, 0.2) is 0 Å². The first-order chi connectivity index (χ1) is 9.29. The van der Waals surface area contributed by atoms with E-state index in [-0.39, 0.29) is 0 Å². The lowest BCUT2D eigenvalue weighted by Gasteiger charge is -2.23. The minimum atomic E-state index is 0.578. The molecule has 2 rings (SSSR count). The van der Waals surface area contributed by atoms with Gasteiger partial charge in [0, 0.05) is 29.2 Å². The van der Waals surface area contributed by atoms with Gasteiger partial charge in [-0.3, -0.25) is 0 Å². The van der Waals surface area contributed by atoms with Gasteiger partial charge >= 0.3 is 0 Å². The highest BCUT2D eigenvalue weighted by atomic mass is 32.2. The van der Waals surface area contributed by atoms with Gasteiger partial charge < -0.3 is 10.1 Å². The lowest BCUT2D eigenvalue weighted by molar-refractivity contribution is 0.179. The third-order valence-corrected chi connectivity index (χ3v) is 4.77. The predicted molar refractivity (Wildman–Crippen MR) is 82.9 cm³/mol. The molecule has 1 aromatic rings. The summed E-state index contributed by atoms with van der Waals surface area (Å²) in [6, 6.07) is 9.41. The van der Waals surface area contributed by atoms with Crippen LogP contribution in [0.5, 0.6) is 0 Å². The Morgan fingerprint density at radius 3 is 2.79 bits per heavy atom. The Balaban J connectivity index is 1.86. The maximum Gasteiger partial charge on any atom is 0.0510 e. The summed E-state index contributed by atoms with van der Waals surface area (Å²) in [5.41, 5.74) is 1.33. The van der Waals surface area contributed by atoms with Gasteiger partial charge in [-0.05, 0) is 38.4 Å². The first-order valence-corrected chi connectivity index (χ1v) is 8.28. The fraction of sp³-hybridized carbons (Fsp3) is 0.625. The Morgan fingerprint density at radius 2 is 2.16 bits per heavy atom. The minimum absolute atomic E-state index is 0.578. The van der Waals surface area contributed by atoms with Crippen LogP contribution < -0.4 is 5.32 Å². The van der Waals surface area contributed by atoms with E-state index in [1.807, 2.05) is 11.8 Å². The topological polar surface area (TPSA) is 21.3 Å². The second-order valence-electron chi connectivity index (χ2n) is 5.31. The first kappa shape index (κ1) is 14.9. The molecule has 0 radical (unpaired) electrons. The summed E-state index contributed by atoms with van der Waals surface area (Å²) < 4.78 is 5.54. The van der Waals surface area contributed by atoms with E-state index in [1.165, 1.54) is 23.3 Å². The summed E-state index contributed by atoms with van der Waals surface area (Å²) in [5, 5.41) is 3.69. The maximum absolute atomic E-state index is 5.54. The smallest absolute Gasteiger partial charge is 0.0510 e. The third-order valence-electron chi connectivity index (χ3n) is 3.64. The van der Waals surface area contributed by atoms with Gasteiger partial charge in [0.25, 0.3) is 0 Å². The highest BCUT2D eigenvalue weighted by molar-refractivity contribution is 7.99. The van der Waals surface area contributed by atoms with Gasteiger partial charge in [0.1, 0.15) is 0 Å². The molecule has 0 aliphatic carbocycles. The number of nitrogens with one attached hydrogen (secondary N) is 1. The van der Waals surface area contributed by atoms with Gasteiger partial charge in [0.2, 0.25) is 0 Å². The molecule has 1 heterocycles. The van der Waals surface area contributed by atoms with Crippen molar-refractivity contribution in [3.8, 4) is 0 Å². The van der Waals surface area contributed by atoms with Crippen molar-refractivity contribution in [1.29, 1.82) is 0 Å². The molecule has 1 aromatic carbocycles. The van der Waals surface area contributed by atoms with Crippen LogP contribution in [0.2, 0.25) is 0 Å². The summed E-state index contributed by atoms with van der Waals surface area (Å²) in [6.07, 6.45) is 2.40. The number of hydrogen-bond donors (Lipinski definition) is 1. The Hall–Kier alpha value is -0.510. The summed E-state index contributed by atoms with van der Waals surface area (Å²) in [7, 11) is 0. The summed E-state index contributed by atoms with van der Waals surface area (Å²) >= 11 is 1.96. The van der Waals surface area contributed by atoms with Crippen molar-refractivity contribution in [2.75, 3.05) is 25.5 Å². The minimum Gasteiger partial charge on any atom is -0.381 e. The zero-order valence-corrected chi connectivity index (χ0v) is 12.8. The Kier molecular flexibility index (Phi) is 6.21. The molecule has 0 aromatic heterocycles. The average molecular weight is 279 g/mol. The lowest BCUT2D eigenvalue weighted by atomic mass is 10.0. The Labute approximate surface area is 121 Å². The molecule has 1 aliphatic heterocycles. The van der Waals surface area contributed by atoms with E-state index in [9.17, 15) is 0 Å². The van der Waals surface area contributed by atoms with Gasteiger partial charge in [-0.2, -0.15) is 0 Å². The van der Waals surface area contributed by atoms with Crippen LogP contribution in [-0.2, 0) is 4.74 Å². The number of aryl methyl sites for hydroxylation is 1.